The molecule has 156 valence electrons. The van der Waals surface area contributed by atoms with Crippen LogP contribution in [0.25, 0.3) is 0 Å². The summed E-state index contributed by atoms with van der Waals surface area (Å²) in [6, 6.07) is 6.89. The largest absolute Gasteiger partial charge is 0.447 e. The summed E-state index contributed by atoms with van der Waals surface area (Å²) < 4.78 is 34.1. The fraction of sp³-hybridized carbons (Fsp3) is 0.667. The van der Waals surface area contributed by atoms with Gasteiger partial charge in [0.05, 0.1) is 24.2 Å². The zero-order chi connectivity index (χ0) is 20.3. The molecular formula is C21H31NO5S. The van der Waals surface area contributed by atoms with Crippen molar-refractivity contribution in [1.29, 1.82) is 0 Å². The van der Waals surface area contributed by atoms with Crippen molar-refractivity contribution < 1.29 is 22.7 Å². The number of rotatable bonds is 7. The molecule has 0 spiro atoms. The van der Waals surface area contributed by atoms with Crippen LogP contribution in [0.1, 0.15) is 38.7 Å². The van der Waals surface area contributed by atoms with Gasteiger partial charge in [-0.05, 0) is 68.6 Å². The molecule has 1 aromatic carbocycles. The number of likely N-dealkylation sites (tertiary alicyclic amines) is 1. The first kappa shape index (κ1) is 21.1. The molecule has 6 nitrogen and oxygen atoms in total. The summed E-state index contributed by atoms with van der Waals surface area (Å²) in [6.07, 6.45) is 4.24. The number of nitrogens with zero attached hydrogens (tertiary/aromatic N) is 1. The molecule has 2 fully saturated rings. The highest BCUT2D eigenvalue weighted by molar-refractivity contribution is 7.90. The smallest absolute Gasteiger partial charge is 0.410 e. The molecular weight excluding hydrogens is 378 g/mol. The average molecular weight is 410 g/mol. The molecule has 1 aromatic rings. The van der Waals surface area contributed by atoms with E-state index in [1.54, 1.807) is 12.1 Å². The van der Waals surface area contributed by atoms with Gasteiger partial charge in [0, 0.05) is 19.3 Å². The number of piperidine rings is 1. The Kier molecular flexibility index (Phi) is 6.65. The topological polar surface area (TPSA) is 72.9 Å². The molecule has 0 N–H and O–H groups in total. The van der Waals surface area contributed by atoms with Crippen molar-refractivity contribution in [2.45, 2.75) is 50.7 Å². The van der Waals surface area contributed by atoms with Crippen LogP contribution >= 0.6 is 0 Å². The second-order valence-electron chi connectivity index (χ2n) is 8.35. The van der Waals surface area contributed by atoms with Crippen LogP contribution in [0, 0.1) is 17.8 Å². The summed E-state index contributed by atoms with van der Waals surface area (Å²) in [6.45, 7) is 6.57. The molecule has 1 aliphatic carbocycles. The summed E-state index contributed by atoms with van der Waals surface area (Å²) in [5.41, 5.74) is 0.988. The number of carbonyl (C=O) groups excluding carboxylic acids is 1. The molecule has 0 aromatic heterocycles. The number of benzene rings is 1. The molecule has 2 atom stereocenters. The molecule has 1 saturated carbocycles. The third kappa shape index (κ3) is 5.70. The number of hydrogen-bond donors (Lipinski definition) is 0. The van der Waals surface area contributed by atoms with Crippen LogP contribution in [0.3, 0.4) is 0 Å². The summed E-state index contributed by atoms with van der Waals surface area (Å²) in [5.74, 6) is 1.98. The predicted molar refractivity (Wildman–Crippen MR) is 107 cm³/mol. The first-order chi connectivity index (χ1) is 13.2. The average Bonchev–Trinajstić information content (AvgIpc) is 3.40. The number of sulfone groups is 1. The van der Waals surface area contributed by atoms with E-state index in [1.807, 2.05) is 30.9 Å². The van der Waals surface area contributed by atoms with Crippen LogP contribution < -0.4 is 0 Å². The second kappa shape index (κ2) is 8.82. The lowest BCUT2D eigenvalue weighted by molar-refractivity contribution is 0.0615. The van der Waals surface area contributed by atoms with Gasteiger partial charge in [-0.15, -0.1) is 0 Å². The lowest BCUT2D eigenvalue weighted by Gasteiger charge is -2.32. The zero-order valence-corrected chi connectivity index (χ0v) is 17.8. The predicted octanol–water partition coefficient (Wildman–Crippen LogP) is 3.50. The minimum absolute atomic E-state index is 0.0715. The molecule has 0 bridgehead atoms. The lowest BCUT2D eigenvalue weighted by Crippen LogP contribution is -2.40. The van der Waals surface area contributed by atoms with Crippen molar-refractivity contribution in [3.05, 3.63) is 29.8 Å². The number of hydrogen-bond acceptors (Lipinski definition) is 5. The third-order valence-corrected chi connectivity index (χ3v) is 6.80. The minimum atomic E-state index is -3.15. The Hall–Kier alpha value is -1.60. The van der Waals surface area contributed by atoms with Crippen LogP contribution in [0.5, 0.6) is 0 Å². The molecule has 1 aliphatic heterocycles. The molecule has 7 heteroatoms. The molecule has 0 unspecified atom stereocenters. The maximum absolute atomic E-state index is 12.0. The molecule has 28 heavy (non-hydrogen) atoms. The number of amides is 1. The second-order valence-corrected chi connectivity index (χ2v) is 10.4. The standard InChI is InChI=1S/C21H31NO5S/c1-15(2)27-21(23)22-10-8-17(9-11-22)20-12-18(20)14-26-13-16-4-6-19(7-5-16)28(3,24)25/h4-7,15,17-18,20H,8-14H2,1-3H3/t18-,20+/m0/s1. The fourth-order valence-corrected chi connectivity index (χ4v) is 4.62. The van der Waals surface area contributed by atoms with E-state index in [-0.39, 0.29) is 12.2 Å². The molecule has 1 amide bonds. The Morgan fingerprint density at radius 1 is 1.18 bits per heavy atom. The quantitative estimate of drug-likeness (QED) is 0.689. The highest BCUT2D eigenvalue weighted by atomic mass is 32.2. The van der Waals surface area contributed by atoms with Gasteiger partial charge in [0.1, 0.15) is 0 Å². The van der Waals surface area contributed by atoms with Gasteiger partial charge in [-0.25, -0.2) is 13.2 Å². The third-order valence-electron chi connectivity index (χ3n) is 5.67. The van der Waals surface area contributed by atoms with E-state index in [0.29, 0.717) is 29.3 Å². The van der Waals surface area contributed by atoms with Gasteiger partial charge in [-0.1, -0.05) is 12.1 Å². The van der Waals surface area contributed by atoms with Gasteiger partial charge in [-0.2, -0.15) is 0 Å². The number of ether oxygens (including phenoxy) is 2. The maximum Gasteiger partial charge on any atom is 0.410 e. The van der Waals surface area contributed by atoms with Crippen LogP contribution in [0.15, 0.2) is 29.2 Å². The van der Waals surface area contributed by atoms with Crippen LogP contribution in [-0.4, -0.2) is 51.5 Å². The van der Waals surface area contributed by atoms with Gasteiger partial charge >= 0.3 is 6.09 Å². The van der Waals surface area contributed by atoms with Crippen molar-refractivity contribution in [3.63, 3.8) is 0 Å². The Bertz CT molecular complexity index is 766. The maximum atomic E-state index is 12.0. The Morgan fingerprint density at radius 2 is 1.82 bits per heavy atom. The normalized spacial score (nSPS) is 23.1. The molecule has 1 saturated heterocycles. The summed E-state index contributed by atoms with van der Waals surface area (Å²) in [7, 11) is -3.15. The van der Waals surface area contributed by atoms with E-state index in [0.717, 1.165) is 38.1 Å². The van der Waals surface area contributed by atoms with Crippen LogP contribution in [-0.2, 0) is 25.9 Å². The summed E-state index contributed by atoms with van der Waals surface area (Å²) in [4.78, 5) is 14.1. The first-order valence-electron chi connectivity index (χ1n) is 10.1. The molecule has 2 aliphatic rings. The molecule has 0 radical (unpaired) electrons. The number of carbonyl (C=O) groups is 1. The van der Waals surface area contributed by atoms with Gasteiger partial charge in [0.15, 0.2) is 9.84 Å². The highest BCUT2D eigenvalue weighted by Gasteiger charge is 2.44. The fourth-order valence-electron chi connectivity index (χ4n) is 3.99. The monoisotopic (exact) mass is 409 g/mol. The Labute approximate surface area is 168 Å². The summed E-state index contributed by atoms with van der Waals surface area (Å²) in [5, 5.41) is 0. The van der Waals surface area contributed by atoms with Crippen molar-refractivity contribution in [2.75, 3.05) is 26.0 Å². The van der Waals surface area contributed by atoms with Crippen molar-refractivity contribution >= 4 is 15.9 Å². The van der Waals surface area contributed by atoms with E-state index in [1.165, 1.54) is 12.7 Å². The minimum Gasteiger partial charge on any atom is -0.447 e. The summed E-state index contributed by atoms with van der Waals surface area (Å²) >= 11 is 0. The van der Waals surface area contributed by atoms with Gasteiger partial charge in [0.2, 0.25) is 0 Å². The first-order valence-corrected chi connectivity index (χ1v) is 12.0. The van der Waals surface area contributed by atoms with E-state index in [4.69, 9.17) is 9.47 Å². The van der Waals surface area contributed by atoms with E-state index in [9.17, 15) is 13.2 Å². The Balaban J connectivity index is 1.35. The molecule has 3 rings (SSSR count). The van der Waals surface area contributed by atoms with Crippen molar-refractivity contribution in [3.8, 4) is 0 Å². The lowest BCUT2D eigenvalue weighted by atomic mass is 9.91. The van der Waals surface area contributed by atoms with E-state index < -0.39 is 9.84 Å². The van der Waals surface area contributed by atoms with E-state index in [2.05, 4.69) is 0 Å². The molecule has 1 heterocycles. The van der Waals surface area contributed by atoms with Gasteiger partial charge in [0.25, 0.3) is 0 Å². The van der Waals surface area contributed by atoms with Crippen molar-refractivity contribution in [1.82, 2.24) is 4.90 Å². The van der Waals surface area contributed by atoms with Gasteiger partial charge < -0.3 is 14.4 Å². The Morgan fingerprint density at radius 3 is 2.39 bits per heavy atom. The van der Waals surface area contributed by atoms with E-state index >= 15 is 0 Å². The van der Waals surface area contributed by atoms with Crippen LogP contribution in [0.4, 0.5) is 4.79 Å². The van der Waals surface area contributed by atoms with Crippen LogP contribution in [0.2, 0.25) is 0 Å². The zero-order valence-electron chi connectivity index (χ0n) is 17.0. The van der Waals surface area contributed by atoms with Crippen molar-refractivity contribution in [2.24, 2.45) is 17.8 Å². The highest BCUT2D eigenvalue weighted by Crippen LogP contribution is 2.48. The SMILES string of the molecule is CC(C)OC(=O)N1CCC([C@H]2C[C@H]2COCc2ccc(S(C)(=O)=O)cc2)CC1. The van der Waals surface area contributed by atoms with Gasteiger partial charge in [-0.3, -0.25) is 0 Å².